The lowest BCUT2D eigenvalue weighted by atomic mass is 10.2. The Morgan fingerprint density at radius 3 is 2.08 bits per heavy atom. The van der Waals surface area contributed by atoms with Crippen molar-refractivity contribution in [1.82, 2.24) is 0 Å². The number of Topliss-reactive ketones (excluding diaryl/α,β-unsaturated/α-hetero) is 1. The average molecular weight is 186 g/mol. The third kappa shape index (κ3) is 4.00. The van der Waals surface area contributed by atoms with Gasteiger partial charge in [-0.1, -0.05) is 10.3 Å². The molecule has 0 radical (unpaired) electrons. The van der Waals surface area contributed by atoms with Gasteiger partial charge in [-0.15, -0.1) is 0 Å². The summed E-state index contributed by atoms with van der Waals surface area (Å²) in [5.74, 6) is -1.07. The van der Waals surface area contributed by atoms with Crippen LogP contribution in [0.15, 0.2) is 10.3 Å². The topological polar surface area (TPSA) is 88.3 Å². The van der Waals surface area contributed by atoms with E-state index in [1.807, 2.05) is 0 Å². The summed E-state index contributed by atoms with van der Waals surface area (Å²) in [6.45, 7) is 3.77. The highest BCUT2D eigenvalue weighted by atomic mass is 16.7. The second kappa shape index (κ2) is 5.02. The molecule has 1 N–H and O–H groups in total. The first-order valence-electron chi connectivity index (χ1n) is 3.44. The predicted octanol–water partition coefficient (Wildman–Crippen LogP) is 0.345. The SMILES string of the molecule is CC(=O)O/N=C(C)/C(=N\O)C(C)=O. The molecule has 6 nitrogen and oxygen atoms in total. The van der Waals surface area contributed by atoms with E-state index in [-0.39, 0.29) is 11.4 Å². The van der Waals surface area contributed by atoms with Crippen molar-refractivity contribution in [2.24, 2.45) is 10.3 Å². The molecule has 0 atom stereocenters. The number of hydrogen-bond acceptors (Lipinski definition) is 6. The summed E-state index contributed by atoms with van der Waals surface area (Å²) in [6.07, 6.45) is 0. The molecule has 72 valence electrons. The van der Waals surface area contributed by atoms with Crippen molar-refractivity contribution in [1.29, 1.82) is 0 Å². The number of carbonyl (C=O) groups excluding carboxylic acids is 2. The summed E-state index contributed by atoms with van der Waals surface area (Å²) in [4.78, 5) is 25.3. The molecular formula is C7H10N2O4. The minimum Gasteiger partial charge on any atom is -0.410 e. The van der Waals surface area contributed by atoms with Gasteiger partial charge in [0.15, 0.2) is 11.5 Å². The van der Waals surface area contributed by atoms with Crippen LogP contribution in [0.3, 0.4) is 0 Å². The van der Waals surface area contributed by atoms with Gasteiger partial charge in [0.05, 0.1) is 0 Å². The number of ketones is 1. The van der Waals surface area contributed by atoms with Crippen LogP contribution < -0.4 is 0 Å². The van der Waals surface area contributed by atoms with Crippen LogP contribution in [0, 0.1) is 0 Å². The number of nitrogens with zero attached hydrogens (tertiary/aromatic N) is 2. The minimum atomic E-state index is -0.611. The summed E-state index contributed by atoms with van der Waals surface area (Å²) >= 11 is 0. The average Bonchev–Trinajstić information content (AvgIpc) is 2.01. The molecule has 0 bridgehead atoms. The molecule has 0 heterocycles. The minimum absolute atomic E-state index is 0.0465. The molecule has 0 aromatic heterocycles. The maximum atomic E-state index is 10.7. The Labute approximate surface area is 74.9 Å². The maximum Gasteiger partial charge on any atom is 0.331 e. The summed E-state index contributed by atoms with van der Waals surface area (Å²) in [5.41, 5.74) is -0.188. The molecule has 0 fully saturated rings. The Balaban J connectivity index is 4.56. The third-order valence-corrected chi connectivity index (χ3v) is 1.09. The summed E-state index contributed by atoms with van der Waals surface area (Å²) in [7, 11) is 0. The molecule has 0 amide bonds. The largest absolute Gasteiger partial charge is 0.410 e. The van der Waals surface area contributed by atoms with E-state index in [2.05, 4.69) is 15.1 Å². The molecule has 0 aliphatic carbocycles. The van der Waals surface area contributed by atoms with Crippen molar-refractivity contribution in [2.75, 3.05) is 0 Å². The molecule has 0 aromatic carbocycles. The number of oxime groups is 2. The number of carbonyl (C=O) groups is 2. The summed E-state index contributed by atoms with van der Waals surface area (Å²) < 4.78 is 0. The Hall–Kier alpha value is -1.72. The van der Waals surface area contributed by atoms with Gasteiger partial charge in [-0.2, -0.15) is 0 Å². The summed E-state index contributed by atoms with van der Waals surface area (Å²) in [5, 5.41) is 14.4. The lowest BCUT2D eigenvalue weighted by Gasteiger charge is -1.97. The quantitative estimate of drug-likeness (QED) is 0.298. The van der Waals surface area contributed by atoms with E-state index in [9.17, 15) is 9.59 Å². The van der Waals surface area contributed by atoms with Crippen molar-refractivity contribution >= 4 is 23.2 Å². The molecule has 0 aliphatic rings. The molecule has 0 rings (SSSR count). The molecule has 13 heavy (non-hydrogen) atoms. The first-order chi connectivity index (χ1) is 5.99. The van der Waals surface area contributed by atoms with E-state index in [1.54, 1.807) is 0 Å². The lowest BCUT2D eigenvalue weighted by Crippen LogP contribution is -2.19. The molecule has 0 unspecified atom stereocenters. The predicted molar refractivity (Wildman–Crippen MR) is 44.8 cm³/mol. The highest BCUT2D eigenvalue weighted by Crippen LogP contribution is 1.89. The van der Waals surface area contributed by atoms with Crippen LogP contribution in [0.5, 0.6) is 0 Å². The van der Waals surface area contributed by atoms with Gasteiger partial charge < -0.3 is 10.0 Å². The standard InChI is InChI=1S/C7H10N2O4/c1-4(9-13-6(3)11)7(8-12)5(2)10/h12H,1-3H3/b8-7+,9-4+. The van der Waals surface area contributed by atoms with Gasteiger partial charge >= 0.3 is 5.97 Å². The van der Waals surface area contributed by atoms with E-state index in [0.717, 1.165) is 0 Å². The van der Waals surface area contributed by atoms with E-state index >= 15 is 0 Å². The smallest absolute Gasteiger partial charge is 0.331 e. The zero-order chi connectivity index (χ0) is 10.4. The van der Waals surface area contributed by atoms with Crippen molar-refractivity contribution < 1.29 is 19.6 Å². The van der Waals surface area contributed by atoms with Crippen molar-refractivity contribution in [2.45, 2.75) is 20.8 Å². The second-order valence-electron chi connectivity index (χ2n) is 2.26. The molecule has 0 aliphatic heterocycles. The van der Waals surface area contributed by atoms with Gasteiger partial charge in [-0.3, -0.25) is 4.79 Å². The molecule has 0 aromatic rings. The molecule has 6 heteroatoms. The normalized spacial score (nSPS) is 12.5. The van der Waals surface area contributed by atoms with Crippen LogP contribution in [-0.4, -0.2) is 28.4 Å². The van der Waals surface area contributed by atoms with Gasteiger partial charge in [-0.25, -0.2) is 4.79 Å². The van der Waals surface area contributed by atoms with Crippen molar-refractivity contribution in [3.05, 3.63) is 0 Å². The molecular weight excluding hydrogens is 176 g/mol. The van der Waals surface area contributed by atoms with Crippen LogP contribution in [0.2, 0.25) is 0 Å². The fraction of sp³-hybridized carbons (Fsp3) is 0.429. The van der Waals surface area contributed by atoms with E-state index in [4.69, 9.17) is 5.21 Å². The van der Waals surface area contributed by atoms with Gasteiger partial charge in [0, 0.05) is 13.8 Å². The fourth-order valence-corrected chi connectivity index (χ4v) is 0.574. The van der Waals surface area contributed by atoms with Crippen LogP contribution >= 0.6 is 0 Å². The summed E-state index contributed by atoms with van der Waals surface area (Å²) in [6, 6.07) is 0. The Bertz CT molecular complexity index is 280. The Morgan fingerprint density at radius 1 is 1.23 bits per heavy atom. The molecule has 0 saturated carbocycles. The first-order valence-corrected chi connectivity index (χ1v) is 3.44. The highest BCUT2D eigenvalue weighted by Gasteiger charge is 2.11. The van der Waals surface area contributed by atoms with Gasteiger partial charge in [-0.05, 0) is 6.92 Å². The fourth-order valence-electron chi connectivity index (χ4n) is 0.574. The van der Waals surface area contributed by atoms with Crippen LogP contribution in [0.1, 0.15) is 20.8 Å². The second-order valence-corrected chi connectivity index (χ2v) is 2.26. The van der Waals surface area contributed by atoms with E-state index in [1.165, 1.54) is 20.8 Å². The highest BCUT2D eigenvalue weighted by molar-refractivity contribution is 6.66. The Morgan fingerprint density at radius 2 is 1.77 bits per heavy atom. The maximum absolute atomic E-state index is 10.7. The van der Waals surface area contributed by atoms with Gasteiger partial charge in [0.2, 0.25) is 0 Å². The monoisotopic (exact) mass is 186 g/mol. The van der Waals surface area contributed by atoms with Crippen LogP contribution in [-0.2, 0) is 14.4 Å². The van der Waals surface area contributed by atoms with Gasteiger partial charge in [0.1, 0.15) is 5.71 Å². The van der Waals surface area contributed by atoms with E-state index < -0.39 is 11.8 Å². The Kier molecular flexibility index (Phi) is 4.36. The zero-order valence-corrected chi connectivity index (χ0v) is 7.57. The first kappa shape index (κ1) is 11.3. The number of rotatable bonds is 3. The van der Waals surface area contributed by atoms with Crippen LogP contribution in [0.4, 0.5) is 0 Å². The van der Waals surface area contributed by atoms with E-state index in [0.29, 0.717) is 0 Å². The number of hydrogen-bond donors (Lipinski definition) is 1. The van der Waals surface area contributed by atoms with Crippen molar-refractivity contribution in [3.8, 4) is 0 Å². The molecule has 0 spiro atoms. The van der Waals surface area contributed by atoms with Gasteiger partial charge in [0.25, 0.3) is 0 Å². The zero-order valence-electron chi connectivity index (χ0n) is 7.57. The van der Waals surface area contributed by atoms with Crippen molar-refractivity contribution in [3.63, 3.8) is 0 Å². The lowest BCUT2D eigenvalue weighted by molar-refractivity contribution is -0.140. The van der Waals surface area contributed by atoms with Crippen LogP contribution in [0.25, 0.3) is 0 Å². The molecule has 0 saturated heterocycles. The third-order valence-electron chi connectivity index (χ3n) is 1.09.